The van der Waals surface area contributed by atoms with Crippen LogP contribution in [-0.4, -0.2) is 47.6 Å². The molecular weight excluding hydrogens is 190 g/mol. The fraction of sp³-hybridized carbons (Fsp3) is 0.625. The Morgan fingerprint density at radius 3 is 3.08 bits per heavy atom. The van der Waals surface area contributed by atoms with Crippen LogP contribution in [0, 0.1) is 0 Å². The monoisotopic (exact) mass is 199 g/mol. The third-order valence-corrected chi connectivity index (χ3v) is 3.64. The molecule has 2 rings (SSSR count). The van der Waals surface area contributed by atoms with Crippen LogP contribution in [0.3, 0.4) is 0 Å². The Bertz CT molecular complexity index is 298. The van der Waals surface area contributed by atoms with Crippen LogP contribution < -0.4 is 0 Å². The van der Waals surface area contributed by atoms with Gasteiger partial charge in [-0.2, -0.15) is 0 Å². The van der Waals surface area contributed by atoms with Gasteiger partial charge in [-0.1, -0.05) is 0 Å². The molecule has 70 valence electrons. The number of methoxy groups -OCH3 is 1. The Hall–Kier alpha value is -0.770. The standard InChI is InChI=1S/C8H9NO3S/c1-12-6-7(11)9-2-5(3-10)4-13-8(6)9/h6,8H,2,4H2,1H3/t6?,8-/m1/s1. The number of nitrogens with zero attached hydrogens (tertiary/aromatic N) is 1. The minimum Gasteiger partial charge on any atom is -0.368 e. The first kappa shape index (κ1) is 8.81. The first-order valence-electron chi connectivity index (χ1n) is 3.95. The van der Waals surface area contributed by atoms with Crippen molar-refractivity contribution in [1.29, 1.82) is 0 Å². The van der Waals surface area contributed by atoms with E-state index in [0.29, 0.717) is 17.9 Å². The molecule has 2 atom stereocenters. The zero-order valence-electron chi connectivity index (χ0n) is 7.15. The summed E-state index contributed by atoms with van der Waals surface area (Å²) in [6, 6.07) is 0. The van der Waals surface area contributed by atoms with Crippen molar-refractivity contribution in [1.82, 2.24) is 4.90 Å². The quantitative estimate of drug-likeness (QED) is 0.429. The molecule has 0 radical (unpaired) electrons. The molecule has 0 aromatic rings. The van der Waals surface area contributed by atoms with Crippen molar-refractivity contribution in [3.8, 4) is 0 Å². The van der Waals surface area contributed by atoms with Crippen LogP contribution in [0.4, 0.5) is 0 Å². The van der Waals surface area contributed by atoms with Gasteiger partial charge in [-0.15, -0.1) is 11.8 Å². The number of hydrogen-bond acceptors (Lipinski definition) is 4. The Morgan fingerprint density at radius 1 is 1.69 bits per heavy atom. The van der Waals surface area contributed by atoms with Gasteiger partial charge in [0.25, 0.3) is 5.91 Å². The zero-order chi connectivity index (χ0) is 9.42. The van der Waals surface area contributed by atoms with Gasteiger partial charge in [0, 0.05) is 18.4 Å². The van der Waals surface area contributed by atoms with Crippen molar-refractivity contribution in [2.75, 3.05) is 19.4 Å². The highest BCUT2D eigenvalue weighted by Crippen LogP contribution is 2.36. The number of β-lactam (4-membered cyclic amide) rings is 1. The van der Waals surface area contributed by atoms with Gasteiger partial charge in [-0.3, -0.25) is 4.79 Å². The van der Waals surface area contributed by atoms with Crippen molar-refractivity contribution in [3.63, 3.8) is 0 Å². The summed E-state index contributed by atoms with van der Waals surface area (Å²) in [4.78, 5) is 23.3. The Morgan fingerprint density at radius 2 is 2.46 bits per heavy atom. The topological polar surface area (TPSA) is 46.6 Å². The van der Waals surface area contributed by atoms with Crippen LogP contribution >= 0.6 is 11.8 Å². The number of thioether (sulfide) groups is 1. The van der Waals surface area contributed by atoms with Crippen molar-refractivity contribution >= 4 is 23.6 Å². The predicted molar refractivity (Wildman–Crippen MR) is 48.0 cm³/mol. The molecule has 0 saturated carbocycles. The van der Waals surface area contributed by atoms with E-state index in [1.807, 2.05) is 5.94 Å². The molecule has 1 amide bonds. The van der Waals surface area contributed by atoms with Crippen molar-refractivity contribution in [2.45, 2.75) is 11.5 Å². The minimum absolute atomic E-state index is 0.0209. The van der Waals surface area contributed by atoms with Crippen molar-refractivity contribution in [3.05, 3.63) is 5.57 Å². The average Bonchev–Trinajstić information content (AvgIpc) is 2.18. The maximum atomic E-state index is 11.3. The largest absolute Gasteiger partial charge is 0.368 e. The zero-order valence-corrected chi connectivity index (χ0v) is 7.97. The molecule has 1 unspecified atom stereocenters. The molecule has 13 heavy (non-hydrogen) atoms. The van der Waals surface area contributed by atoms with Crippen LogP contribution in [0.5, 0.6) is 0 Å². The van der Waals surface area contributed by atoms with Crippen LogP contribution in [0.25, 0.3) is 0 Å². The van der Waals surface area contributed by atoms with E-state index >= 15 is 0 Å². The van der Waals surface area contributed by atoms with E-state index in [9.17, 15) is 9.59 Å². The van der Waals surface area contributed by atoms with E-state index < -0.39 is 0 Å². The van der Waals surface area contributed by atoms with Crippen LogP contribution in [0.1, 0.15) is 0 Å². The summed E-state index contributed by atoms with van der Waals surface area (Å²) >= 11 is 1.56. The van der Waals surface area contributed by atoms with Crippen LogP contribution in [0.15, 0.2) is 5.57 Å². The minimum atomic E-state index is -0.307. The average molecular weight is 199 g/mol. The summed E-state index contributed by atoms with van der Waals surface area (Å²) < 4.78 is 5.02. The van der Waals surface area contributed by atoms with Gasteiger partial charge in [0.15, 0.2) is 6.10 Å². The highest BCUT2D eigenvalue weighted by atomic mass is 32.2. The lowest BCUT2D eigenvalue weighted by Gasteiger charge is -2.48. The summed E-state index contributed by atoms with van der Waals surface area (Å²) in [5.74, 6) is 2.50. The number of amides is 1. The SMILES string of the molecule is COC1C(=O)N2CC(=C=O)CS[C@H]12. The normalized spacial score (nSPS) is 32.2. The first-order chi connectivity index (χ1) is 6.27. The van der Waals surface area contributed by atoms with Gasteiger partial charge in [-0.05, 0) is 0 Å². The number of carbonyl (C=O) groups is 1. The highest BCUT2D eigenvalue weighted by Gasteiger charge is 2.50. The number of rotatable bonds is 1. The number of carbonyl (C=O) groups excluding carboxylic acids is 2. The molecule has 0 N–H and O–H groups in total. The third kappa shape index (κ3) is 1.20. The lowest BCUT2D eigenvalue weighted by Crippen LogP contribution is -2.65. The fourth-order valence-electron chi connectivity index (χ4n) is 1.55. The summed E-state index contributed by atoms with van der Waals surface area (Å²) in [5.41, 5.74) is 0.657. The third-order valence-electron chi connectivity index (χ3n) is 2.28. The van der Waals surface area contributed by atoms with Gasteiger partial charge in [-0.25, -0.2) is 4.79 Å². The summed E-state index contributed by atoms with van der Waals surface area (Å²) in [6.45, 7) is 0.430. The molecule has 2 heterocycles. The molecular formula is C8H9NO3S. The molecule has 2 aliphatic heterocycles. The van der Waals surface area contributed by atoms with E-state index in [1.54, 1.807) is 16.7 Å². The van der Waals surface area contributed by atoms with E-state index in [4.69, 9.17) is 4.74 Å². The van der Waals surface area contributed by atoms with Gasteiger partial charge in [0.1, 0.15) is 11.3 Å². The Labute approximate surface area is 79.9 Å². The molecule has 0 spiro atoms. The number of ether oxygens (including phenoxy) is 1. The van der Waals surface area contributed by atoms with Gasteiger partial charge in [0.05, 0.1) is 6.54 Å². The smallest absolute Gasteiger partial charge is 0.256 e. The van der Waals surface area contributed by atoms with Crippen molar-refractivity contribution < 1.29 is 14.3 Å². The molecule has 4 nitrogen and oxygen atoms in total. The lowest BCUT2D eigenvalue weighted by molar-refractivity contribution is -0.161. The second kappa shape index (κ2) is 3.18. The van der Waals surface area contributed by atoms with Gasteiger partial charge < -0.3 is 9.64 Å². The lowest BCUT2D eigenvalue weighted by atomic mass is 10.1. The number of fused-ring (bicyclic) bond motifs is 1. The van der Waals surface area contributed by atoms with Crippen molar-refractivity contribution in [2.24, 2.45) is 0 Å². The fourth-order valence-corrected chi connectivity index (χ4v) is 2.84. The second-order valence-corrected chi connectivity index (χ2v) is 4.13. The molecule has 2 fully saturated rings. The summed E-state index contributed by atoms with van der Waals surface area (Å²) in [7, 11) is 1.53. The number of hydrogen-bond donors (Lipinski definition) is 0. The molecule has 2 aliphatic rings. The van der Waals surface area contributed by atoms with Gasteiger partial charge >= 0.3 is 0 Å². The van der Waals surface area contributed by atoms with Crippen LogP contribution in [0.2, 0.25) is 0 Å². The molecule has 0 bridgehead atoms. The highest BCUT2D eigenvalue weighted by molar-refractivity contribution is 8.00. The van der Waals surface area contributed by atoms with E-state index in [2.05, 4.69) is 0 Å². The first-order valence-corrected chi connectivity index (χ1v) is 5.00. The van der Waals surface area contributed by atoms with Crippen LogP contribution in [-0.2, 0) is 14.3 Å². The molecule has 5 heteroatoms. The molecule has 0 aromatic heterocycles. The summed E-state index contributed by atoms with van der Waals surface area (Å²) in [6.07, 6.45) is -0.307. The molecule has 2 saturated heterocycles. The predicted octanol–water partition coefficient (Wildman–Crippen LogP) is -0.325. The maximum Gasteiger partial charge on any atom is 0.256 e. The van der Waals surface area contributed by atoms with Gasteiger partial charge in [0.2, 0.25) is 0 Å². The summed E-state index contributed by atoms with van der Waals surface area (Å²) in [5, 5.41) is 0.106. The van der Waals surface area contributed by atoms with E-state index in [1.165, 1.54) is 7.11 Å². The maximum absolute atomic E-state index is 11.3. The molecule has 0 aliphatic carbocycles. The second-order valence-electron chi connectivity index (χ2n) is 3.03. The Balaban J connectivity index is 2.09. The van der Waals surface area contributed by atoms with E-state index in [-0.39, 0.29) is 17.4 Å². The Kier molecular flexibility index (Phi) is 2.15. The molecule has 0 aromatic carbocycles. The van der Waals surface area contributed by atoms with E-state index in [0.717, 1.165) is 0 Å².